The Morgan fingerprint density at radius 2 is 1.78 bits per heavy atom. The minimum atomic E-state index is -0.244. The third-order valence-electron chi connectivity index (χ3n) is 4.24. The lowest BCUT2D eigenvalue weighted by Gasteiger charge is -2.12. The van der Waals surface area contributed by atoms with Crippen molar-refractivity contribution in [2.24, 2.45) is 0 Å². The first kappa shape index (κ1) is 20.9. The van der Waals surface area contributed by atoms with Crippen LogP contribution in [0.1, 0.15) is 54.1 Å². The van der Waals surface area contributed by atoms with Crippen LogP contribution in [0.3, 0.4) is 0 Å². The zero-order chi connectivity index (χ0) is 19.6. The maximum absolute atomic E-state index is 12.3. The fraction of sp³-hybridized carbons (Fsp3) is 0.364. The fourth-order valence-electron chi connectivity index (χ4n) is 2.70. The number of carbonyl (C=O) groups excluding carboxylic acids is 1. The van der Waals surface area contributed by atoms with E-state index in [1.807, 2.05) is 38.1 Å². The molecule has 0 atom stereocenters. The number of thiocarbonyl (C=S) groups is 1. The van der Waals surface area contributed by atoms with Crippen molar-refractivity contribution in [3.63, 3.8) is 0 Å². The number of ether oxygens (including phenoxy) is 1. The first-order valence-corrected chi connectivity index (χ1v) is 9.83. The third kappa shape index (κ3) is 7.02. The van der Waals surface area contributed by atoms with E-state index in [-0.39, 0.29) is 11.0 Å². The SMILES string of the molecule is CCCCCCOc1ccc(C(=O)NC(=S)Nc2ccc(C)cc2C)cc1. The van der Waals surface area contributed by atoms with Crippen LogP contribution in [0.15, 0.2) is 42.5 Å². The van der Waals surface area contributed by atoms with E-state index >= 15 is 0 Å². The molecule has 0 aliphatic heterocycles. The minimum Gasteiger partial charge on any atom is -0.494 e. The van der Waals surface area contributed by atoms with E-state index in [1.165, 1.54) is 24.8 Å². The standard InChI is InChI=1S/C22H28N2O2S/c1-4-5-6-7-14-26-19-11-9-18(10-12-19)21(25)24-22(27)23-20-13-8-16(2)15-17(20)3/h8-13,15H,4-7,14H2,1-3H3,(H2,23,24,25,27). The van der Waals surface area contributed by atoms with Gasteiger partial charge < -0.3 is 10.1 Å². The largest absolute Gasteiger partial charge is 0.494 e. The van der Waals surface area contributed by atoms with Gasteiger partial charge in [0.05, 0.1) is 6.61 Å². The zero-order valence-electron chi connectivity index (χ0n) is 16.3. The molecule has 0 spiro atoms. The van der Waals surface area contributed by atoms with Crippen LogP contribution in [0.25, 0.3) is 0 Å². The van der Waals surface area contributed by atoms with Crippen molar-refractivity contribution < 1.29 is 9.53 Å². The van der Waals surface area contributed by atoms with Crippen molar-refractivity contribution >= 4 is 28.9 Å². The van der Waals surface area contributed by atoms with Crippen molar-refractivity contribution in [3.05, 3.63) is 59.2 Å². The summed E-state index contributed by atoms with van der Waals surface area (Å²) in [6, 6.07) is 13.1. The van der Waals surface area contributed by atoms with Gasteiger partial charge in [-0.25, -0.2) is 0 Å². The van der Waals surface area contributed by atoms with E-state index < -0.39 is 0 Å². The summed E-state index contributed by atoms with van der Waals surface area (Å²) in [5.41, 5.74) is 3.68. The molecule has 2 N–H and O–H groups in total. The summed E-state index contributed by atoms with van der Waals surface area (Å²) in [7, 11) is 0. The van der Waals surface area contributed by atoms with Gasteiger partial charge in [0, 0.05) is 11.3 Å². The normalized spacial score (nSPS) is 10.3. The molecule has 0 aromatic heterocycles. The lowest BCUT2D eigenvalue weighted by Crippen LogP contribution is -2.34. The van der Waals surface area contributed by atoms with Gasteiger partial charge in [0.2, 0.25) is 0 Å². The Kier molecular flexibility index (Phi) is 8.27. The van der Waals surface area contributed by atoms with E-state index in [2.05, 4.69) is 23.6 Å². The molecule has 0 saturated carbocycles. The summed E-state index contributed by atoms with van der Waals surface area (Å²) < 4.78 is 5.70. The number of nitrogens with one attached hydrogen (secondary N) is 2. The van der Waals surface area contributed by atoms with Gasteiger partial charge in [-0.05, 0) is 68.4 Å². The Hall–Kier alpha value is -2.40. The molecule has 2 aromatic carbocycles. The number of unbranched alkanes of at least 4 members (excludes halogenated alkanes) is 3. The summed E-state index contributed by atoms with van der Waals surface area (Å²) in [6.45, 7) is 6.93. The molecule has 144 valence electrons. The van der Waals surface area contributed by atoms with E-state index in [0.29, 0.717) is 12.2 Å². The average Bonchev–Trinajstić information content (AvgIpc) is 2.64. The predicted octanol–water partition coefficient (Wildman–Crippen LogP) is 5.39. The maximum Gasteiger partial charge on any atom is 0.257 e. The summed E-state index contributed by atoms with van der Waals surface area (Å²) in [5, 5.41) is 6.06. The van der Waals surface area contributed by atoms with Crippen molar-refractivity contribution in [1.29, 1.82) is 0 Å². The van der Waals surface area contributed by atoms with E-state index in [4.69, 9.17) is 17.0 Å². The van der Waals surface area contributed by atoms with E-state index in [1.54, 1.807) is 12.1 Å². The van der Waals surface area contributed by atoms with Gasteiger partial charge in [-0.3, -0.25) is 10.1 Å². The van der Waals surface area contributed by atoms with Crippen LogP contribution in [0, 0.1) is 13.8 Å². The highest BCUT2D eigenvalue weighted by atomic mass is 32.1. The van der Waals surface area contributed by atoms with Crippen LogP contribution >= 0.6 is 12.2 Å². The third-order valence-corrected chi connectivity index (χ3v) is 4.44. The van der Waals surface area contributed by atoms with Crippen molar-refractivity contribution in [1.82, 2.24) is 5.32 Å². The minimum absolute atomic E-state index is 0.244. The molecule has 0 fully saturated rings. The molecule has 2 aromatic rings. The lowest BCUT2D eigenvalue weighted by molar-refractivity contribution is 0.0977. The molecule has 5 heteroatoms. The number of aryl methyl sites for hydroxylation is 2. The van der Waals surface area contributed by atoms with Gasteiger partial charge in [-0.2, -0.15) is 0 Å². The van der Waals surface area contributed by atoms with Crippen molar-refractivity contribution in [3.8, 4) is 5.75 Å². The van der Waals surface area contributed by atoms with Crippen LogP contribution in [0.2, 0.25) is 0 Å². The molecule has 0 saturated heterocycles. The second-order valence-electron chi connectivity index (χ2n) is 6.66. The number of hydrogen-bond donors (Lipinski definition) is 2. The van der Waals surface area contributed by atoms with E-state index in [9.17, 15) is 4.79 Å². The van der Waals surface area contributed by atoms with Gasteiger partial charge in [-0.15, -0.1) is 0 Å². The highest BCUT2D eigenvalue weighted by molar-refractivity contribution is 7.80. The molecular formula is C22H28N2O2S. The summed E-state index contributed by atoms with van der Waals surface area (Å²) in [4.78, 5) is 12.3. The number of carbonyl (C=O) groups is 1. The highest BCUT2D eigenvalue weighted by Crippen LogP contribution is 2.16. The number of amides is 1. The Balaban J connectivity index is 1.83. The summed E-state index contributed by atoms with van der Waals surface area (Å²) >= 11 is 5.25. The van der Waals surface area contributed by atoms with Gasteiger partial charge in [0.15, 0.2) is 5.11 Å². The first-order valence-electron chi connectivity index (χ1n) is 9.42. The fourth-order valence-corrected chi connectivity index (χ4v) is 2.91. The molecule has 0 heterocycles. The Morgan fingerprint density at radius 3 is 2.44 bits per heavy atom. The van der Waals surface area contributed by atoms with Crippen LogP contribution in [-0.2, 0) is 0 Å². The predicted molar refractivity (Wildman–Crippen MR) is 116 cm³/mol. The number of benzene rings is 2. The molecule has 1 amide bonds. The monoisotopic (exact) mass is 384 g/mol. The topological polar surface area (TPSA) is 50.4 Å². The average molecular weight is 385 g/mol. The van der Waals surface area contributed by atoms with Gasteiger partial charge in [-0.1, -0.05) is 43.9 Å². The maximum atomic E-state index is 12.3. The smallest absolute Gasteiger partial charge is 0.257 e. The molecule has 0 aliphatic rings. The van der Waals surface area contributed by atoms with Crippen molar-refractivity contribution in [2.45, 2.75) is 46.5 Å². The second kappa shape index (κ2) is 10.7. The summed E-state index contributed by atoms with van der Waals surface area (Å²) in [6.07, 6.45) is 4.68. The molecule has 0 radical (unpaired) electrons. The number of hydrogen-bond acceptors (Lipinski definition) is 3. The first-order chi connectivity index (χ1) is 13.0. The Morgan fingerprint density at radius 1 is 1.04 bits per heavy atom. The Bertz CT molecular complexity index is 772. The molecule has 2 rings (SSSR count). The highest BCUT2D eigenvalue weighted by Gasteiger charge is 2.09. The second-order valence-corrected chi connectivity index (χ2v) is 7.07. The van der Waals surface area contributed by atoms with Gasteiger partial charge >= 0.3 is 0 Å². The van der Waals surface area contributed by atoms with Crippen LogP contribution in [0.5, 0.6) is 5.75 Å². The van der Waals surface area contributed by atoms with Gasteiger partial charge in [0.25, 0.3) is 5.91 Å². The van der Waals surface area contributed by atoms with Crippen LogP contribution in [0.4, 0.5) is 5.69 Å². The summed E-state index contributed by atoms with van der Waals surface area (Å²) in [5.74, 6) is 0.533. The number of anilines is 1. The van der Waals surface area contributed by atoms with E-state index in [0.717, 1.165) is 23.4 Å². The van der Waals surface area contributed by atoms with Gasteiger partial charge in [0.1, 0.15) is 5.75 Å². The number of rotatable bonds is 8. The molecule has 0 unspecified atom stereocenters. The van der Waals surface area contributed by atoms with Crippen molar-refractivity contribution in [2.75, 3.05) is 11.9 Å². The molecular weight excluding hydrogens is 356 g/mol. The van der Waals surface area contributed by atoms with Crippen LogP contribution < -0.4 is 15.4 Å². The molecule has 0 aliphatic carbocycles. The lowest BCUT2D eigenvalue weighted by atomic mass is 10.1. The van der Waals surface area contributed by atoms with Crippen LogP contribution in [-0.4, -0.2) is 17.6 Å². The molecule has 4 nitrogen and oxygen atoms in total. The zero-order valence-corrected chi connectivity index (χ0v) is 17.1. The Labute approximate surface area is 167 Å². The quantitative estimate of drug-likeness (QED) is 0.473. The molecule has 27 heavy (non-hydrogen) atoms. The molecule has 0 bridgehead atoms.